The highest BCUT2D eigenvalue weighted by Gasteiger charge is 2.10. The van der Waals surface area contributed by atoms with E-state index in [0.29, 0.717) is 0 Å². The Bertz CT molecular complexity index is 332. The predicted octanol–water partition coefficient (Wildman–Crippen LogP) is 0.768. The zero-order chi connectivity index (χ0) is 13.3. The molecule has 5 nitrogen and oxygen atoms in total. The minimum Gasteiger partial charge on any atom is -0.398 e. The maximum Gasteiger partial charge on any atom is 0.674 e. The van der Waals surface area contributed by atoms with Gasteiger partial charge in [-0.2, -0.15) is 4.79 Å². The van der Waals surface area contributed by atoms with E-state index in [0.717, 1.165) is 25.2 Å². The first-order chi connectivity index (χ1) is 8.04. The molecule has 1 aliphatic carbocycles. The molecule has 0 bridgehead atoms. The summed E-state index contributed by atoms with van der Waals surface area (Å²) in [6.45, 7) is 6.29. The van der Waals surface area contributed by atoms with Gasteiger partial charge in [0.2, 0.25) is 0 Å². The number of nitrogens with zero attached hydrogens (tertiary/aromatic N) is 3. The van der Waals surface area contributed by atoms with Crippen molar-refractivity contribution in [1.82, 2.24) is 4.90 Å². The number of rotatable bonds is 3. The van der Waals surface area contributed by atoms with Crippen LogP contribution in [0.25, 0.3) is 5.53 Å². The Morgan fingerprint density at radius 1 is 1.41 bits per heavy atom. The van der Waals surface area contributed by atoms with E-state index in [1.165, 1.54) is 5.70 Å². The summed E-state index contributed by atoms with van der Waals surface area (Å²) in [5, 5.41) is 13.9. The van der Waals surface area contributed by atoms with Crippen molar-refractivity contribution < 1.29 is 19.2 Å². The summed E-state index contributed by atoms with van der Waals surface area (Å²) in [6, 6.07) is 0. The largest absolute Gasteiger partial charge is 0.674 e. The van der Waals surface area contributed by atoms with Gasteiger partial charge in [-0.15, -0.1) is 0 Å². The van der Waals surface area contributed by atoms with Crippen LogP contribution in [0.4, 0.5) is 4.32 Å². The van der Waals surface area contributed by atoms with Gasteiger partial charge in [-0.3, -0.25) is 4.32 Å². The van der Waals surface area contributed by atoms with Gasteiger partial charge in [0.15, 0.2) is 0 Å². The molecule has 0 spiro atoms. The Morgan fingerprint density at radius 2 is 1.94 bits per heavy atom. The minimum absolute atomic E-state index is 0.718. The van der Waals surface area contributed by atoms with E-state index in [-0.39, 0.29) is 0 Å². The van der Waals surface area contributed by atoms with Crippen LogP contribution < -0.4 is 0 Å². The normalized spacial score (nSPS) is 13.2. The van der Waals surface area contributed by atoms with Crippen LogP contribution in [0.1, 0.15) is 20.3 Å². The summed E-state index contributed by atoms with van der Waals surface area (Å²) in [4.78, 5) is 5.43. The molecule has 94 valence electrons. The highest BCUT2D eigenvalue weighted by Crippen LogP contribution is 2.11. The smallest absolute Gasteiger partial charge is 0.398 e. The summed E-state index contributed by atoms with van der Waals surface area (Å²) in [5.74, 6) is 0. The van der Waals surface area contributed by atoms with E-state index in [9.17, 15) is 4.32 Å². The van der Waals surface area contributed by atoms with Crippen molar-refractivity contribution in [3.63, 3.8) is 0 Å². The van der Waals surface area contributed by atoms with Gasteiger partial charge >= 0.3 is 7.40 Å². The Kier molecular flexibility index (Phi) is 7.97. The summed E-state index contributed by atoms with van der Waals surface area (Å²) in [7, 11) is -2.67. The van der Waals surface area contributed by atoms with Gasteiger partial charge in [-0.05, 0) is 26.0 Å². The first-order valence-electron chi connectivity index (χ1n) is 5.39. The lowest BCUT2D eigenvalue weighted by molar-refractivity contribution is -0.00547. The van der Waals surface area contributed by atoms with Crippen molar-refractivity contribution in [1.29, 1.82) is 0 Å². The van der Waals surface area contributed by atoms with Gasteiger partial charge in [0.05, 0.1) is 6.42 Å². The fraction of sp³-hybridized carbons (Fsp3) is 0.500. The molecule has 0 saturated carbocycles. The van der Waals surface area contributed by atoms with Crippen molar-refractivity contribution in [2.45, 2.75) is 20.3 Å². The molecule has 0 saturated heterocycles. The number of likely N-dealkylation sites (N-methyl/N-ethyl adjacent to an activating group) is 1. The molecule has 17 heavy (non-hydrogen) atoms. The van der Waals surface area contributed by atoms with Crippen LogP contribution in [0.15, 0.2) is 23.9 Å². The summed E-state index contributed by atoms with van der Waals surface area (Å²) in [6.07, 6.45) is 6.65. The van der Waals surface area contributed by atoms with Gasteiger partial charge < -0.3 is 20.5 Å². The molecule has 0 aromatic heterocycles. The molecular formula is C10H17BFN3O2. The molecule has 0 aromatic rings. The quantitative estimate of drug-likeness (QED) is 0.435. The predicted molar refractivity (Wildman–Crippen MR) is 64.7 cm³/mol. The molecule has 0 amide bonds. The molecule has 1 aliphatic rings. The second-order valence-electron chi connectivity index (χ2n) is 3.24. The maximum absolute atomic E-state index is 10.1. The number of hydrogen-bond donors (Lipinski definition) is 2. The SMILES string of the molecule is CCN(CC)C1=CCC(=[N+]=[N-])C=C1.OB(O)F. The highest BCUT2D eigenvalue weighted by atomic mass is 19.1. The van der Waals surface area contributed by atoms with Gasteiger partial charge in [0.1, 0.15) is 0 Å². The first-order valence-corrected chi connectivity index (χ1v) is 5.39. The second kappa shape index (κ2) is 8.70. The Balaban J connectivity index is 0.000000557. The summed E-state index contributed by atoms with van der Waals surface area (Å²) >= 11 is 0. The van der Waals surface area contributed by atoms with Crippen LogP contribution >= 0.6 is 0 Å². The van der Waals surface area contributed by atoms with Crippen LogP contribution in [-0.2, 0) is 0 Å². The van der Waals surface area contributed by atoms with E-state index in [2.05, 4.69) is 29.6 Å². The van der Waals surface area contributed by atoms with Crippen molar-refractivity contribution in [3.8, 4) is 0 Å². The fourth-order valence-corrected chi connectivity index (χ4v) is 1.42. The van der Waals surface area contributed by atoms with E-state index >= 15 is 0 Å². The van der Waals surface area contributed by atoms with Gasteiger partial charge in [-0.25, -0.2) is 0 Å². The van der Waals surface area contributed by atoms with Crippen LogP contribution in [0.2, 0.25) is 0 Å². The third-order valence-electron chi connectivity index (χ3n) is 2.22. The van der Waals surface area contributed by atoms with Crippen molar-refractivity contribution in [3.05, 3.63) is 29.5 Å². The van der Waals surface area contributed by atoms with Crippen molar-refractivity contribution in [2.75, 3.05) is 13.1 Å². The first kappa shape index (κ1) is 15.6. The Morgan fingerprint density at radius 3 is 2.24 bits per heavy atom. The average molecular weight is 241 g/mol. The van der Waals surface area contributed by atoms with Crippen LogP contribution in [0, 0.1) is 0 Å². The second-order valence-corrected chi connectivity index (χ2v) is 3.24. The van der Waals surface area contributed by atoms with E-state index in [1.54, 1.807) is 0 Å². The lowest BCUT2D eigenvalue weighted by Gasteiger charge is -2.22. The third-order valence-corrected chi connectivity index (χ3v) is 2.22. The molecule has 0 fully saturated rings. The molecule has 0 atom stereocenters. The summed E-state index contributed by atoms with van der Waals surface area (Å²) in [5.41, 5.74) is 10.5. The third kappa shape index (κ3) is 6.68. The van der Waals surface area contributed by atoms with Gasteiger partial charge in [0.25, 0.3) is 5.71 Å². The number of halogens is 1. The van der Waals surface area contributed by atoms with Crippen LogP contribution in [0.5, 0.6) is 0 Å². The molecule has 0 unspecified atom stereocenters. The summed E-state index contributed by atoms with van der Waals surface area (Å²) < 4.78 is 10.1. The number of hydrogen-bond acceptors (Lipinski definition) is 3. The molecule has 7 heteroatoms. The Hall–Kier alpha value is -1.43. The average Bonchev–Trinajstić information content (AvgIpc) is 2.31. The van der Waals surface area contributed by atoms with E-state index < -0.39 is 7.40 Å². The fourth-order valence-electron chi connectivity index (χ4n) is 1.42. The molecule has 2 N–H and O–H groups in total. The lowest BCUT2D eigenvalue weighted by atomic mass is 10.1. The van der Waals surface area contributed by atoms with Crippen LogP contribution in [0.3, 0.4) is 0 Å². The van der Waals surface area contributed by atoms with Gasteiger partial charge in [0, 0.05) is 24.9 Å². The number of allylic oxidation sites excluding steroid dienone is 3. The Labute approximate surface area is 101 Å². The van der Waals surface area contributed by atoms with Crippen LogP contribution in [-0.4, -0.2) is 45.9 Å². The molecule has 1 rings (SSSR count). The van der Waals surface area contributed by atoms with E-state index in [1.807, 2.05) is 12.2 Å². The van der Waals surface area contributed by atoms with Crippen molar-refractivity contribution in [2.24, 2.45) is 0 Å². The maximum atomic E-state index is 10.1. The molecule has 0 heterocycles. The minimum atomic E-state index is -2.67. The zero-order valence-corrected chi connectivity index (χ0v) is 10.0. The van der Waals surface area contributed by atoms with Crippen molar-refractivity contribution >= 4 is 13.1 Å². The van der Waals surface area contributed by atoms with E-state index in [4.69, 9.17) is 15.6 Å². The standard InChI is InChI=1S/C10H15N3.BFH2O2/c1-3-13(4-2)10-7-5-9(12-11)6-8-10;2-1(3)4/h5,7-8H,3-4,6H2,1-2H3;3-4H. The van der Waals surface area contributed by atoms with Gasteiger partial charge in [-0.1, -0.05) is 0 Å². The zero-order valence-electron chi connectivity index (χ0n) is 10.0. The highest BCUT2D eigenvalue weighted by molar-refractivity contribution is 6.31. The monoisotopic (exact) mass is 241 g/mol. The molecule has 0 aromatic carbocycles. The molecule has 0 radical (unpaired) electrons. The topological polar surface area (TPSA) is 80.1 Å². The molecule has 0 aliphatic heterocycles. The lowest BCUT2D eigenvalue weighted by Crippen LogP contribution is -2.22. The molecular weight excluding hydrogens is 224 g/mol.